The molecule has 1 heterocycles. The number of carboxylic acids is 2. The van der Waals surface area contributed by atoms with E-state index in [0.29, 0.717) is 16.9 Å². The molecule has 0 aliphatic rings. The summed E-state index contributed by atoms with van der Waals surface area (Å²) in [6.07, 6.45) is 1.39. The first-order valence-corrected chi connectivity index (χ1v) is 7.10. The number of hydrazone groups is 1. The highest BCUT2D eigenvalue weighted by Crippen LogP contribution is 2.22. The van der Waals surface area contributed by atoms with Gasteiger partial charge in [0, 0.05) is 22.6 Å². The van der Waals surface area contributed by atoms with Crippen LogP contribution in [0.5, 0.6) is 0 Å². The molecule has 0 unspecified atom stereocenters. The van der Waals surface area contributed by atoms with Crippen LogP contribution in [0.2, 0.25) is 0 Å². The van der Waals surface area contributed by atoms with Crippen molar-refractivity contribution in [3.8, 4) is 5.69 Å². The topological polar surface area (TPSA) is 147 Å². The Balaban J connectivity index is 2.57. The molecule has 0 atom stereocenters. The van der Waals surface area contributed by atoms with Crippen LogP contribution < -0.4 is 11.2 Å². The van der Waals surface area contributed by atoms with Crippen LogP contribution in [0.4, 0.5) is 4.79 Å². The fourth-order valence-electron chi connectivity index (χ4n) is 2.47. The number of nitrogens with two attached hydrogens (primary N) is 1. The van der Waals surface area contributed by atoms with Crippen molar-refractivity contribution in [2.75, 3.05) is 0 Å². The molecule has 2 amide bonds. The minimum Gasteiger partial charge on any atom is -0.478 e. The summed E-state index contributed by atoms with van der Waals surface area (Å²) in [5.74, 6) is -2.45. The molecule has 1 aromatic heterocycles. The summed E-state index contributed by atoms with van der Waals surface area (Å²) in [6.45, 7) is 3.53. The average molecular weight is 344 g/mol. The van der Waals surface area contributed by atoms with Crippen molar-refractivity contribution in [2.45, 2.75) is 13.8 Å². The van der Waals surface area contributed by atoms with Crippen LogP contribution in [-0.4, -0.2) is 39.0 Å². The van der Waals surface area contributed by atoms with Gasteiger partial charge in [-0.3, -0.25) is 0 Å². The molecule has 0 bridgehead atoms. The van der Waals surface area contributed by atoms with Gasteiger partial charge in [-0.15, -0.1) is 0 Å². The highest BCUT2D eigenvalue weighted by molar-refractivity contribution is 5.95. The second-order valence-corrected chi connectivity index (χ2v) is 5.28. The van der Waals surface area contributed by atoms with Gasteiger partial charge < -0.3 is 20.5 Å². The number of aryl methyl sites for hydroxylation is 1. The third-order valence-corrected chi connectivity index (χ3v) is 3.52. The van der Waals surface area contributed by atoms with Gasteiger partial charge in [0.15, 0.2) is 0 Å². The van der Waals surface area contributed by atoms with Crippen molar-refractivity contribution in [1.29, 1.82) is 0 Å². The SMILES string of the molecule is Cc1cc(/C=N\NC(N)=O)c(C)n1-c1cc(C(=O)O)cc(C(=O)O)c1. The molecule has 0 radical (unpaired) electrons. The fraction of sp³-hybridized carbons (Fsp3) is 0.125. The molecule has 5 N–H and O–H groups in total. The lowest BCUT2D eigenvalue weighted by Gasteiger charge is -2.12. The van der Waals surface area contributed by atoms with Crippen LogP contribution in [-0.2, 0) is 0 Å². The number of nitrogens with zero attached hydrogens (tertiary/aromatic N) is 2. The Labute approximate surface area is 142 Å². The van der Waals surface area contributed by atoms with Gasteiger partial charge in [-0.25, -0.2) is 19.8 Å². The van der Waals surface area contributed by atoms with E-state index in [0.717, 1.165) is 11.8 Å². The Morgan fingerprint density at radius 3 is 2.12 bits per heavy atom. The predicted molar refractivity (Wildman–Crippen MR) is 89.5 cm³/mol. The molecule has 0 aliphatic heterocycles. The van der Waals surface area contributed by atoms with Gasteiger partial charge in [0.05, 0.1) is 17.3 Å². The fourth-order valence-corrected chi connectivity index (χ4v) is 2.47. The van der Waals surface area contributed by atoms with Crippen LogP contribution in [0.1, 0.15) is 37.7 Å². The van der Waals surface area contributed by atoms with E-state index in [4.69, 9.17) is 5.73 Å². The maximum absolute atomic E-state index is 11.3. The number of aromatic nitrogens is 1. The highest BCUT2D eigenvalue weighted by Gasteiger charge is 2.15. The summed E-state index contributed by atoms with van der Waals surface area (Å²) in [5, 5.41) is 22.1. The van der Waals surface area contributed by atoms with Crippen LogP contribution in [0.25, 0.3) is 5.69 Å². The van der Waals surface area contributed by atoms with Crippen LogP contribution in [0.15, 0.2) is 29.4 Å². The van der Waals surface area contributed by atoms with Crippen LogP contribution in [0, 0.1) is 13.8 Å². The second kappa shape index (κ2) is 6.87. The number of urea groups is 1. The molecule has 0 saturated heterocycles. The minimum absolute atomic E-state index is 0.131. The Kier molecular flexibility index (Phi) is 4.87. The third kappa shape index (κ3) is 3.83. The predicted octanol–water partition coefficient (Wildman–Crippen LogP) is 1.49. The average Bonchev–Trinajstić information content (AvgIpc) is 2.80. The molecular weight excluding hydrogens is 328 g/mol. The molecule has 9 nitrogen and oxygen atoms in total. The number of hydrogen-bond donors (Lipinski definition) is 4. The monoisotopic (exact) mass is 344 g/mol. The maximum Gasteiger partial charge on any atom is 0.335 e. The highest BCUT2D eigenvalue weighted by atomic mass is 16.4. The summed E-state index contributed by atoms with van der Waals surface area (Å²) in [6, 6.07) is 4.83. The molecule has 2 aromatic rings. The number of hydrogen-bond acceptors (Lipinski definition) is 4. The van der Waals surface area contributed by atoms with Gasteiger partial charge in [0.25, 0.3) is 0 Å². The molecule has 1 aromatic carbocycles. The number of primary amides is 1. The van der Waals surface area contributed by atoms with E-state index in [2.05, 4.69) is 10.5 Å². The smallest absolute Gasteiger partial charge is 0.335 e. The summed E-state index contributed by atoms with van der Waals surface area (Å²) in [4.78, 5) is 33.2. The normalized spacial score (nSPS) is 10.8. The zero-order valence-corrected chi connectivity index (χ0v) is 13.5. The number of aromatic carboxylic acids is 2. The van der Waals surface area contributed by atoms with Crippen molar-refractivity contribution >= 4 is 24.2 Å². The number of carbonyl (C=O) groups excluding carboxylic acids is 1. The quantitative estimate of drug-likeness (QED) is 0.479. The van der Waals surface area contributed by atoms with E-state index >= 15 is 0 Å². The molecule has 0 saturated carbocycles. The van der Waals surface area contributed by atoms with Gasteiger partial charge in [0.2, 0.25) is 0 Å². The zero-order chi connectivity index (χ0) is 18.7. The number of nitrogens with one attached hydrogen (secondary N) is 1. The molecule has 0 aliphatic carbocycles. The van der Waals surface area contributed by atoms with Crippen molar-refractivity contribution in [1.82, 2.24) is 9.99 Å². The van der Waals surface area contributed by atoms with E-state index in [1.807, 2.05) is 0 Å². The van der Waals surface area contributed by atoms with E-state index in [9.17, 15) is 24.6 Å². The number of carboxylic acid groups (broad SMARTS) is 2. The number of carbonyl (C=O) groups is 3. The first-order valence-electron chi connectivity index (χ1n) is 7.10. The summed E-state index contributed by atoms with van der Waals surface area (Å²) in [5.41, 5.74) is 9.22. The second-order valence-electron chi connectivity index (χ2n) is 5.28. The van der Waals surface area contributed by atoms with E-state index < -0.39 is 18.0 Å². The van der Waals surface area contributed by atoms with Gasteiger partial charge in [-0.2, -0.15) is 5.10 Å². The Morgan fingerprint density at radius 1 is 1.08 bits per heavy atom. The molecular formula is C16H16N4O5. The lowest BCUT2D eigenvalue weighted by molar-refractivity contribution is 0.0696. The van der Waals surface area contributed by atoms with Gasteiger partial charge >= 0.3 is 18.0 Å². The molecule has 9 heteroatoms. The van der Waals surface area contributed by atoms with Crippen molar-refractivity contribution in [3.63, 3.8) is 0 Å². The van der Waals surface area contributed by atoms with E-state index in [1.54, 1.807) is 24.5 Å². The summed E-state index contributed by atoms with van der Waals surface area (Å²) >= 11 is 0. The minimum atomic E-state index is -1.22. The first-order chi connectivity index (χ1) is 11.7. The van der Waals surface area contributed by atoms with E-state index in [-0.39, 0.29) is 11.1 Å². The summed E-state index contributed by atoms with van der Waals surface area (Å²) < 4.78 is 1.70. The molecule has 0 fully saturated rings. The van der Waals surface area contributed by atoms with Crippen molar-refractivity contribution in [2.24, 2.45) is 10.8 Å². The van der Waals surface area contributed by atoms with Crippen molar-refractivity contribution in [3.05, 3.63) is 52.3 Å². The first kappa shape index (κ1) is 17.7. The molecule has 130 valence electrons. The standard InChI is InChI=1S/C16H16N4O5/c1-8-3-12(7-18-19-16(17)25)9(2)20(8)13-5-10(14(21)22)4-11(6-13)15(23)24/h3-7H,1-2H3,(H,21,22)(H,23,24)(H3,17,19,25)/b18-7-. The van der Waals surface area contributed by atoms with Gasteiger partial charge in [-0.1, -0.05) is 0 Å². The Morgan fingerprint density at radius 2 is 1.64 bits per heavy atom. The largest absolute Gasteiger partial charge is 0.478 e. The number of rotatable bonds is 5. The number of amides is 2. The summed E-state index contributed by atoms with van der Waals surface area (Å²) in [7, 11) is 0. The Hall–Kier alpha value is -3.62. The Bertz CT molecular complexity index is 866. The lowest BCUT2D eigenvalue weighted by atomic mass is 10.1. The van der Waals surface area contributed by atoms with Crippen LogP contribution in [0.3, 0.4) is 0 Å². The third-order valence-electron chi connectivity index (χ3n) is 3.52. The molecule has 25 heavy (non-hydrogen) atoms. The number of benzene rings is 1. The maximum atomic E-state index is 11.3. The van der Waals surface area contributed by atoms with Crippen LogP contribution >= 0.6 is 0 Å². The lowest BCUT2D eigenvalue weighted by Crippen LogP contribution is -2.24. The molecule has 0 spiro atoms. The van der Waals surface area contributed by atoms with Gasteiger partial charge in [-0.05, 0) is 38.1 Å². The zero-order valence-electron chi connectivity index (χ0n) is 13.5. The van der Waals surface area contributed by atoms with E-state index in [1.165, 1.54) is 18.3 Å². The molecule has 2 rings (SSSR count). The van der Waals surface area contributed by atoms with Crippen molar-refractivity contribution < 1.29 is 24.6 Å². The van der Waals surface area contributed by atoms with Gasteiger partial charge in [0.1, 0.15) is 0 Å².